The van der Waals surface area contributed by atoms with E-state index in [0.29, 0.717) is 6.04 Å². The van der Waals surface area contributed by atoms with E-state index in [2.05, 4.69) is 43.3 Å². The Morgan fingerprint density at radius 3 is 2.71 bits per heavy atom. The second-order valence-corrected chi connectivity index (χ2v) is 5.31. The Hall–Kier alpha value is -0.890. The zero-order valence-electron chi connectivity index (χ0n) is 11.2. The van der Waals surface area contributed by atoms with Gasteiger partial charge in [0.25, 0.3) is 0 Å². The first-order chi connectivity index (χ1) is 8.24. The summed E-state index contributed by atoms with van der Waals surface area (Å²) in [4.78, 5) is 4.58. The van der Waals surface area contributed by atoms with Gasteiger partial charge in [-0.05, 0) is 56.2 Å². The van der Waals surface area contributed by atoms with Gasteiger partial charge in [-0.3, -0.25) is 4.98 Å². The molecule has 0 saturated heterocycles. The summed E-state index contributed by atoms with van der Waals surface area (Å²) in [5.74, 6) is 1.57. The molecule has 0 bridgehead atoms. The van der Waals surface area contributed by atoms with E-state index in [1.54, 1.807) is 0 Å². The Balaban J connectivity index is 1.96. The van der Waals surface area contributed by atoms with Crippen molar-refractivity contribution >= 4 is 0 Å². The molecule has 1 aromatic rings. The highest BCUT2D eigenvalue weighted by molar-refractivity contribution is 5.14. The van der Waals surface area contributed by atoms with E-state index in [0.717, 1.165) is 24.7 Å². The maximum atomic E-state index is 4.58. The van der Waals surface area contributed by atoms with Crippen molar-refractivity contribution in [2.45, 2.75) is 45.6 Å². The molecule has 0 spiro atoms. The summed E-state index contributed by atoms with van der Waals surface area (Å²) >= 11 is 0. The Morgan fingerprint density at radius 1 is 1.35 bits per heavy atom. The number of hydrogen-bond acceptors (Lipinski definition) is 2. The van der Waals surface area contributed by atoms with E-state index in [1.807, 2.05) is 6.20 Å². The van der Waals surface area contributed by atoms with Gasteiger partial charge in [0.15, 0.2) is 0 Å². The van der Waals surface area contributed by atoms with Gasteiger partial charge < -0.3 is 5.32 Å². The second kappa shape index (κ2) is 5.63. The van der Waals surface area contributed by atoms with E-state index in [4.69, 9.17) is 0 Å². The summed E-state index contributed by atoms with van der Waals surface area (Å²) in [7, 11) is 2.08. The highest BCUT2D eigenvalue weighted by atomic mass is 14.9. The van der Waals surface area contributed by atoms with E-state index in [9.17, 15) is 0 Å². The molecule has 0 aromatic carbocycles. The summed E-state index contributed by atoms with van der Waals surface area (Å²) in [6.45, 7) is 4.55. The van der Waals surface area contributed by atoms with E-state index >= 15 is 0 Å². The molecule has 1 aliphatic rings. The first-order valence-corrected chi connectivity index (χ1v) is 6.85. The SMILES string of the molecule is CCc1ccc(CC2CCC(NC)C2C)nc1. The van der Waals surface area contributed by atoms with Gasteiger partial charge in [0, 0.05) is 17.9 Å². The van der Waals surface area contributed by atoms with Gasteiger partial charge in [0.2, 0.25) is 0 Å². The van der Waals surface area contributed by atoms with Crippen LogP contribution in [0.2, 0.25) is 0 Å². The molecule has 1 N–H and O–H groups in total. The maximum absolute atomic E-state index is 4.58. The molecule has 3 unspecified atom stereocenters. The van der Waals surface area contributed by atoms with Crippen molar-refractivity contribution in [3.63, 3.8) is 0 Å². The molecule has 3 atom stereocenters. The van der Waals surface area contributed by atoms with Crippen molar-refractivity contribution < 1.29 is 0 Å². The van der Waals surface area contributed by atoms with Crippen LogP contribution in [-0.4, -0.2) is 18.1 Å². The molecule has 0 aliphatic heterocycles. The highest BCUT2D eigenvalue weighted by Crippen LogP contribution is 2.33. The smallest absolute Gasteiger partial charge is 0.0406 e. The topological polar surface area (TPSA) is 24.9 Å². The fourth-order valence-electron chi connectivity index (χ4n) is 3.00. The lowest BCUT2D eigenvalue weighted by molar-refractivity contribution is 0.362. The van der Waals surface area contributed by atoms with Crippen molar-refractivity contribution in [1.82, 2.24) is 10.3 Å². The van der Waals surface area contributed by atoms with E-state index in [-0.39, 0.29) is 0 Å². The van der Waals surface area contributed by atoms with Crippen molar-refractivity contribution in [2.75, 3.05) is 7.05 Å². The quantitative estimate of drug-likeness (QED) is 0.863. The van der Waals surface area contributed by atoms with Crippen LogP contribution in [0.1, 0.15) is 37.9 Å². The number of hydrogen-bond donors (Lipinski definition) is 1. The Bertz CT molecular complexity index is 344. The van der Waals surface area contributed by atoms with Crippen LogP contribution < -0.4 is 5.32 Å². The van der Waals surface area contributed by atoms with Crippen LogP contribution in [0.25, 0.3) is 0 Å². The molecule has 0 amide bonds. The molecule has 2 heteroatoms. The molecule has 1 aromatic heterocycles. The molecule has 17 heavy (non-hydrogen) atoms. The lowest BCUT2D eigenvalue weighted by Gasteiger charge is -2.20. The third kappa shape index (κ3) is 2.86. The van der Waals surface area contributed by atoms with Crippen molar-refractivity contribution in [3.8, 4) is 0 Å². The lowest BCUT2D eigenvalue weighted by Crippen LogP contribution is -2.29. The van der Waals surface area contributed by atoms with Gasteiger partial charge in [-0.1, -0.05) is 19.9 Å². The first kappa shape index (κ1) is 12.6. The molecule has 2 nitrogen and oxygen atoms in total. The summed E-state index contributed by atoms with van der Waals surface area (Å²) in [5, 5.41) is 3.43. The molecular formula is C15H24N2. The maximum Gasteiger partial charge on any atom is 0.0406 e. The minimum Gasteiger partial charge on any atom is -0.317 e. The highest BCUT2D eigenvalue weighted by Gasteiger charge is 2.31. The van der Waals surface area contributed by atoms with Crippen molar-refractivity contribution in [1.29, 1.82) is 0 Å². The monoisotopic (exact) mass is 232 g/mol. The van der Waals surface area contributed by atoms with Gasteiger partial charge in [-0.25, -0.2) is 0 Å². The predicted octanol–water partition coefficient (Wildman–Crippen LogP) is 2.82. The number of aromatic nitrogens is 1. The molecule has 1 heterocycles. The van der Waals surface area contributed by atoms with Gasteiger partial charge in [-0.2, -0.15) is 0 Å². The van der Waals surface area contributed by atoms with Crippen LogP contribution in [0.4, 0.5) is 0 Å². The van der Waals surface area contributed by atoms with Gasteiger partial charge in [0.05, 0.1) is 0 Å². The fraction of sp³-hybridized carbons (Fsp3) is 0.667. The van der Waals surface area contributed by atoms with Crippen LogP contribution in [0.5, 0.6) is 0 Å². The van der Waals surface area contributed by atoms with Crippen LogP contribution in [-0.2, 0) is 12.8 Å². The summed E-state index contributed by atoms with van der Waals surface area (Å²) < 4.78 is 0. The van der Waals surface area contributed by atoms with Gasteiger partial charge in [0.1, 0.15) is 0 Å². The third-order valence-corrected chi connectivity index (χ3v) is 4.36. The number of nitrogens with one attached hydrogen (secondary N) is 1. The van der Waals surface area contributed by atoms with Crippen molar-refractivity contribution in [2.24, 2.45) is 11.8 Å². The standard InChI is InChI=1S/C15H24N2/c1-4-12-5-7-14(17-10-12)9-13-6-8-15(16-3)11(13)2/h5,7,10-11,13,15-16H,4,6,8-9H2,1-3H3. The zero-order chi connectivity index (χ0) is 12.3. The summed E-state index contributed by atoms with van der Waals surface area (Å²) in [6, 6.07) is 5.13. The van der Waals surface area contributed by atoms with Crippen LogP contribution in [0, 0.1) is 11.8 Å². The van der Waals surface area contributed by atoms with Crippen LogP contribution >= 0.6 is 0 Å². The summed E-state index contributed by atoms with van der Waals surface area (Å²) in [6.07, 6.45) is 6.90. The first-order valence-electron chi connectivity index (χ1n) is 6.85. The molecule has 1 aliphatic carbocycles. The Morgan fingerprint density at radius 2 is 2.18 bits per heavy atom. The van der Waals surface area contributed by atoms with E-state index in [1.165, 1.54) is 24.1 Å². The Kier molecular flexibility index (Phi) is 4.16. The summed E-state index contributed by atoms with van der Waals surface area (Å²) in [5.41, 5.74) is 2.59. The predicted molar refractivity (Wildman–Crippen MR) is 72.1 cm³/mol. The number of nitrogens with zero attached hydrogens (tertiary/aromatic N) is 1. The minimum absolute atomic E-state index is 0.704. The number of rotatable bonds is 4. The largest absolute Gasteiger partial charge is 0.317 e. The molecule has 2 rings (SSSR count). The van der Waals surface area contributed by atoms with Crippen LogP contribution in [0.15, 0.2) is 18.3 Å². The lowest BCUT2D eigenvalue weighted by atomic mass is 9.91. The van der Waals surface area contributed by atoms with E-state index < -0.39 is 0 Å². The number of aryl methyl sites for hydroxylation is 1. The fourth-order valence-corrected chi connectivity index (χ4v) is 3.00. The average Bonchev–Trinajstić information content (AvgIpc) is 2.71. The molecule has 1 saturated carbocycles. The third-order valence-electron chi connectivity index (χ3n) is 4.36. The average molecular weight is 232 g/mol. The van der Waals surface area contributed by atoms with Crippen LogP contribution in [0.3, 0.4) is 0 Å². The minimum atomic E-state index is 0.704. The Labute approximate surface area is 105 Å². The number of pyridine rings is 1. The zero-order valence-corrected chi connectivity index (χ0v) is 11.2. The molecular weight excluding hydrogens is 208 g/mol. The molecule has 0 radical (unpaired) electrons. The molecule has 1 fully saturated rings. The normalized spacial score (nSPS) is 28.5. The van der Waals surface area contributed by atoms with Gasteiger partial charge >= 0.3 is 0 Å². The van der Waals surface area contributed by atoms with Gasteiger partial charge in [-0.15, -0.1) is 0 Å². The van der Waals surface area contributed by atoms with Crippen molar-refractivity contribution in [3.05, 3.63) is 29.6 Å². The molecule has 94 valence electrons. The second-order valence-electron chi connectivity index (χ2n) is 5.31.